The van der Waals surface area contributed by atoms with E-state index in [1.54, 1.807) is 11.3 Å². The summed E-state index contributed by atoms with van der Waals surface area (Å²) >= 11 is 3.18. The van der Waals surface area contributed by atoms with Crippen LogP contribution in [0.15, 0.2) is 16.6 Å². The SMILES string of the molecule is Cc1ccsc1CNC(=O)CSc1nnc(N2CCCC2)n1C1CC1. The van der Waals surface area contributed by atoms with Crippen molar-refractivity contribution in [3.63, 3.8) is 0 Å². The van der Waals surface area contributed by atoms with Gasteiger partial charge in [-0.15, -0.1) is 21.5 Å². The number of nitrogens with zero attached hydrogens (tertiary/aromatic N) is 4. The standard InChI is InChI=1S/C17H23N5OS2/c1-12-6-9-24-14(12)10-18-15(23)11-25-17-20-19-16(21-7-2-3-8-21)22(17)13-4-5-13/h6,9,13H,2-5,7-8,10-11H2,1H3,(H,18,23). The summed E-state index contributed by atoms with van der Waals surface area (Å²) in [5.74, 6) is 1.43. The molecule has 0 aromatic carbocycles. The van der Waals surface area contributed by atoms with Crippen LogP contribution in [0.4, 0.5) is 5.95 Å². The van der Waals surface area contributed by atoms with Crippen LogP contribution in [0.1, 0.15) is 42.2 Å². The first-order valence-electron chi connectivity index (χ1n) is 8.84. The Bertz CT molecular complexity index is 746. The zero-order chi connectivity index (χ0) is 17.2. The molecule has 0 unspecified atom stereocenters. The Hall–Kier alpha value is -1.54. The molecule has 1 aliphatic carbocycles. The molecule has 2 fully saturated rings. The van der Waals surface area contributed by atoms with E-state index < -0.39 is 0 Å². The highest BCUT2D eigenvalue weighted by Crippen LogP contribution is 2.41. The van der Waals surface area contributed by atoms with Crippen molar-refractivity contribution >= 4 is 35.0 Å². The minimum Gasteiger partial charge on any atom is -0.350 e. The lowest BCUT2D eigenvalue weighted by Gasteiger charge is -2.17. The molecule has 1 aliphatic heterocycles. The molecule has 0 radical (unpaired) electrons. The first-order valence-corrected chi connectivity index (χ1v) is 10.7. The van der Waals surface area contributed by atoms with Crippen LogP contribution in [0.25, 0.3) is 0 Å². The molecule has 2 aromatic heterocycles. The van der Waals surface area contributed by atoms with Crippen LogP contribution in [-0.2, 0) is 11.3 Å². The number of hydrogen-bond donors (Lipinski definition) is 1. The predicted octanol–water partition coefficient (Wildman–Crippen LogP) is 2.99. The molecule has 2 aliphatic rings. The predicted molar refractivity (Wildman–Crippen MR) is 101 cm³/mol. The molecule has 6 nitrogen and oxygen atoms in total. The van der Waals surface area contributed by atoms with Crippen LogP contribution < -0.4 is 10.2 Å². The van der Waals surface area contributed by atoms with Gasteiger partial charge in [-0.25, -0.2) is 0 Å². The van der Waals surface area contributed by atoms with Gasteiger partial charge < -0.3 is 10.2 Å². The Morgan fingerprint density at radius 2 is 2.16 bits per heavy atom. The fraction of sp³-hybridized carbons (Fsp3) is 0.588. The Kier molecular flexibility index (Phi) is 4.98. The number of rotatable bonds is 7. The van der Waals surface area contributed by atoms with Crippen LogP contribution in [0.3, 0.4) is 0 Å². The average molecular weight is 378 g/mol. The summed E-state index contributed by atoms with van der Waals surface area (Å²) < 4.78 is 2.26. The van der Waals surface area contributed by atoms with E-state index in [-0.39, 0.29) is 5.91 Å². The van der Waals surface area contributed by atoms with Crippen molar-refractivity contribution in [1.29, 1.82) is 0 Å². The quantitative estimate of drug-likeness (QED) is 0.752. The Labute approximate surface area is 156 Å². The van der Waals surface area contributed by atoms with E-state index in [4.69, 9.17) is 0 Å². The maximum atomic E-state index is 12.2. The van der Waals surface area contributed by atoms with Gasteiger partial charge in [-0.3, -0.25) is 9.36 Å². The van der Waals surface area contributed by atoms with Crippen molar-refractivity contribution in [2.75, 3.05) is 23.7 Å². The summed E-state index contributed by atoms with van der Waals surface area (Å²) in [4.78, 5) is 15.7. The summed E-state index contributed by atoms with van der Waals surface area (Å²) in [6, 6.07) is 2.60. The highest BCUT2D eigenvalue weighted by Gasteiger charge is 2.32. The number of amides is 1. The summed E-state index contributed by atoms with van der Waals surface area (Å²) in [5, 5.41) is 14.7. The van der Waals surface area contributed by atoms with Crippen LogP contribution in [-0.4, -0.2) is 39.5 Å². The van der Waals surface area contributed by atoms with Gasteiger partial charge in [-0.1, -0.05) is 11.8 Å². The van der Waals surface area contributed by atoms with Crippen molar-refractivity contribution in [3.8, 4) is 0 Å². The molecule has 134 valence electrons. The van der Waals surface area contributed by atoms with Crippen molar-refractivity contribution in [3.05, 3.63) is 21.9 Å². The van der Waals surface area contributed by atoms with Crippen LogP contribution in [0.2, 0.25) is 0 Å². The number of thioether (sulfide) groups is 1. The van der Waals surface area contributed by atoms with Gasteiger partial charge in [0, 0.05) is 24.0 Å². The maximum Gasteiger partial charge on any atom is 0.230 e. The topological polar surface area (TPSA) is 63.1 Å². The van der Waals surface area contributed by atoms with Gasteiger partial charge in [0.2, 0.25) is 11.9 Å². The Morgan fingerprint density at radius 3 is 2.84 bits per heavy atom. The molecule has 1 N–H and O–H groups in total. The Balaban J connectivity index is 1.36. The minimum atomic E-state index is 0.0471. The van der Waals surface area contributed by atoms with Crippen LogP contribution >= 0.6 is 23.1 Å². The Morgan fingerprint density at radius 1 is 1.36 bits per heavy atom. The highest BCUT2D eigenvalue weighted by molar-refractivity contribution is 7.99. The maximum absolute atomic E-state index is 12.2. The fourth-order valence-corrected chi connectivity index (χ4v) is 4.77. The third kappa shape index (κ3) is 3.84. The van der Waals surface area contributed by atoms with E-state index in [1.165, 1.54) is 47.9 Å². The lowest BCUT2D eigenvalue weighted by atomic mass is 10.3. The number of aromatic nitrogens is 3. The van der Waals surface area contributed by atoms with Crippen molar-refractivity contribution in [1.82, 2.24) is 20.1 Å². The van der Waals surface area contributed by atoms with E-state index in [0.717, 1.165) is 24.2 Å². The molecule has 1 amide bonds. The normalized spacial score (nSPS) is 17.2. The summed E-state index contributed by atoms with van der Waals surface area (Å²) in [5.41, 5.74) is 1.24. The summed E-state index contributed by atoms with van der Waals surface area (Å²) in [6.07, 6.45) is 4.83. The third-order valence-corrected chi connectivity index (χ3v) is 6.66. The van der Waals surface area contributed by atoms with Crippen LogP contribution in [0.5, 0.6) is 0 Å². The monoisotopic (exact) mass is 377 g/mol. The molecule has 4 rings (SSSR count). The van der Waals surface area contributed by atoms with Crippen molar-refractivity contribution < 1.29 is 4.79 Å². The first kappa shape index (κ1) is 16.9. The van der Waals surface area contributed by atoms with Gasteiger partial charge in [-0.2, -0.15) is 0 Å². The second-order valence-corrected chi connectivity index (χ2v) is 8.61. The van der Waals surface area contributed by atoms with E-state index in [1.807, 2.05) is 0 Å². The van der Waals surface area contributed by atoms with Gasteiger partial charge in [0.25, 0.3) is 0 Å². The number of hydrogen-bond acceptors (Lipinski definition) is 6. The molecule has 25 heavy (non-hydrogen) atoms. The number of thiophene rings is 1. The van der Waals surface area contributed by atoms with E-state index in [0.29, 0.717) is 18.3 Å². The number of carbonyl (C=O) groups is 1. The number of aryl methyl sites for hydroxylation is 1. The first-order chi connectivity index (χ1) is 12.2. The van der Waals surface area contributed by atoms with Gasteiger partial charge in [0.1, 0.15) is 0 Å². The van der Waals surface area contributed by atoms with Gasteiger partial charge >= 0.3 is 0 Å². The van der Waals surface area contributed by atoms with Crippen molar-refractivity contribution in [2.45, 2.75) is 50.4 Å². The van der Waals surface area contributed by atoms with E-state index in [9.17, 15) is 4.79 Å². The van der Waals surface area contributed by atoms with Crippen LogP contribution in [0, 0.1) is 6.92 Å². The van der Waals surface area contributed by atoms with E-state index >= 15 is 0 Å². The van der Waals surface area contributed by atoms with E-state index in [2.05, 4.69) is 43.4 Å². The second-order valence-electron chi connectivity index (χ2n) is 6.67. The molecule has 0 spiro atoms. The highest BCUT2D eigenvalue weighted by atomic mass is 32.2. The molecule has 0 atom stereocenters. The number of carbonyl (C=O) groups excluding carboxylic acids is 1. The molecular weight excluding hydrogens is 354 g/mol. The van der Waals surface area contributed by atoms with Crippen molar-refractivity contribution in [2.24, 2.45) is 0 Å². The molecule has 3 heterocycles. The lowest BCUT2D eigenvalue weighted by Crippen LogP contribution is -2.25. The molecule has 1 saturated heterocycles. The number of anilines is 1. The second kappa shape index (κ2) is 7.37. The number of nitrogens with one attached hydrogen (secondary N) is 1. The molecule has 8 heteroatoms. The largest absolute Gasteiger partial charge is 0.350 e. The lowest BCUT2D eigenvalue weighted by molar-refractivity contribution is -0.118. The van der Waals surface area contributed by atoms with Gasteiger partial charge in [0.15, 0.2) is 5.16 Å². The summed E-state index contributed by atoms with van der Waals surface area (Å²) in [7, 11) is 0. The molecule has 2 aromatic rings. The van der Waals surface area contributed by atoms with Gasteiger partial charge in [-0.05, 0) is 49.6 Å². The third-order valence-electron chi connectivity index (χ3n) is 4.69. The fourth-order valence-electron chi connectivity index (χ4n) is 3.10. The average Bonchev–Trinajstić information content (AvgIpc) is 3.03. The minimum absolute atomic E-state index is 0.0471. The van der Waals surface area contributed by atoms with Gasteiger partial charge in [0.05, 0.1) is 12.3 Å². The zero-order valence-corrected chi connectivity index (χ0v) is 16.0. The smallest absolute Gasteiger partial charge is 0.230 e. The zero-order valence-electron chi connectivity index (χ0n) is 14.4. The molecular formula is C17H23N5OS2. The molecule has 0 bridgehead atoms. The summed E-state index contributed by atoms with van der Waals surface area (Å²) in [6.45, 7) is 4.81. The molecule has 1 saturated carbocycles.